The highest BCUT2D eigenvalue weighted by Crippen LogP contribution is 2.28. The van der Waals surface area contributed by atoms with Crippen molar-refractivity contribution >= 4 is 11.6 Å². The molecule has 3 aliphatic heterocycles. The third-order valence-corrected chi connectivity index (χ3v) is 4.63. The van der Waals surface area contributed by atoms with E-state index in [1.807, 2.05) is 0 Å². The number of benzene rings is 1. The summed E-state index contributed by atoms with van der Waals surface area (Å²) in [5, 5.41) is 13.9. The number of nitrogens with zero attached hydrogens (tertiary/aromatic N) is 2. The third kappa shape index (κ3) is 2.76. The van der Waals surface area contributed by atoms with Crippen LogP contribution in [-0.2, 0) is 0 Å². The molecule has 3 saturated heterocycles. The number of nitro benzene ring substituents is 1. The molecule has 4 rings (SSSR count). The zero-order valence-corrected chi connectivity index (χ0v) is 12.0. The van der Waals surface area contributed by atoms with Crippen molar-refractivity contribution < 1.29 is 9.72 Å². The lowest BCUT2D eigenvalue weighted by atomic mass is 9.84. The summed E-state index contributed by atoms with van der Waals surface area (Å²) in [4.78, 5) is 25.1. The molecule has 3 heterocycles. The van der Waals surface area contributed by atoms with Gasteiger partial charge in [-0.15, -0.1) is 0 Å². The van der Waals surface area contributed by atoms with Crippen LogP contribution >= 0.6 is 0 Å². The Morgan fingerprint density at radius 1 is 1.38 bits per heavy atom. The van der Waals surface area contributed by atoms with Gasteiger partial charge in [-0.05, 0) is 50.9 Å². The molecule has 3 aliphatic rings. The van der Waals surface area contributed by atoms with Crippen LogP contribution in [0.1, 0.15) is 28.8 Å². The largest absolute Gasteiger partial charge is 0.348 e. The molecule has 1 N–H and O–H groups in total. The van der Waals surface area contributed by atoms with E-state index in [2.05, 4.69) is 10.2 Å². The SMILES string of the molecule is Cc1cc(C(=O)NC2CN3CCC2CC3)ccc1[N+](=O)[O-]. The molecule has 2 bridgehead atoms. The van der Waals surface area contributed by atoms with Crippen LogP contribution in [0.3, 0.4) is 0 Å². The normalized spacial score (nSPS) is 27.4. The lowest BCUT2D eigenvalue weighted by molar-refractivity contribution is -0.385. The first kappa shape index (κ1) is 14.0. The highest BCUT2D eigenvalue weighted by atomic mass is 16.6. The van der Waals surface area contributed by atoms with Crippen molar-refractivity contribution in [3.63, 3.8) is 0 Å². The van der Waals surface area contributed by atoms with Crippen molar-refractivity contribution in [3.8, 4) is 0 Å². The first-order valence-electron chi connectivity index (χ1n) is 7.33. The van der Waals surface area contributed by atoms with E-state index in [1.165, 1.54) is 12.1 Å². The van der Waals surface area contributed by atoms with Crippen LogP contribution in [0.2, 0.25) is 0 Å². The van der Waals surface area contributed by atoms with E-state index < -0.39 is 4.92 Å². The Morgan fingerprint density at radius 3 is 2.62 bits per heavy atom. The molecule has 3 fully saturated rings. The van der Waals surface area contributed by atoms with Crippen molar-refractivity contribution in [1.29, 1.82) is 0 Å². The molecule has 0 aromatic heterocycles. The van der Waals surface area contributed by atoms with Gasteiger partial charge in [-0.2, -0.15) is 0 Å². The number of amides is 1. The number of carbonyl (C=O) groups is 1. The fourth-order valence-corrected chi connectivity index (χ4v) is 3.38. The van der Waals surface area contributed by atoms with Gasteiger partial charge in [-0.3, -0.25) is 14.9 Å². The second-order valence-corrected chi connectivity index (χ2v) is 5.98. The van der Waals surface area contributed by atoms with E-state index in [1.54, 1.807) is 13.0 Å². The van der Waals surface area contributed by atoms with Crippen LogP contribution in [0, 0.1) is 23.0 Å². The van der Waals surface area contributed by atoms with Crippen molar-refractivity contribution in [2.24, 2.45) is 5.92 Å². The van der Waals surface area contributed by atoms with E-state index in [0.29, 0.717) is 17.0 Å². The standard InChI is InChI=1S/C15H19N3O3/c1-10-8-12(2-3-14(10)18(20)21)15(19)16-13-9-17-6-4-11(13)5-7-17/h2-3,8,11,13H,4-7,9H2,1H3,(H,16,19). The van der Waals surface area contributed by atoms with Gasteiger partial charge in [0.05, 0.1) is 4.92 Å². The van der Waals surface area contributed by atoms with Crippen LogP contribution in [0.4, 0.5) is 5.69 Å². The molecule has 21 heavy (non-hydrogen) atoms. The Hall–Kier alpha value is -1.95. The maximum absolute atomic E-state index is 12.3. The number of rotatable bonds is 3. The van der Waals surface area contributed by atoms with Gasteiger partial charge in [0.2, 0.25) is 0 Å². The molecule has 1 aromatic rings. The second-order valence-electron chi connectivity index (χ2n) is 5.98. The Bertz CT molecular complexity index is 580. The average molecular weight is 289 g/mol. The predicted octanol–water partition coefficient (Wildman–Crippen LogP) is 1.73. The molecule has 0 spiro atoms. The molecule has 1 aromatic carbocycles. The molecule has 0 saturated carbocycles. The predicted molar refractivity (Wildman–Crippen MR) is 78.3 cm³/mol. The Kier molecular flexibility index (Phi) is 3.63. The van der Waals surface area contributed by atoms with E-state index >= 15 is 0 Å². The number of piperidine rings is 3. The zero-order valence-electron chi connectivity index (χ0n) is 12.0. The molecule has 112 valence electrons. The minimum absolute atomic E-state index is 0.0504. The Morgan fingerprint density at radius 2 is 2.10 bits per heavy atom. The van der Waals surface area contributed by atoms with Crippen LogP contribution in [0.25, 0.3) is 0 Å². The summed E-state index contributed by atoms with van der Waals surface area (Å²) in [6.45, 7) is 4.84. The molecule has 1 unspecified atom stereocenters. The van der Waals surface area contributed by atoms with E-state index in [4.69, 9.17) is 0 Å². The molecule has 0 aliphatic carbocycles. The molecular formula is C15H19N3O3. The molecule has 1 atom stereocenters. The average Bonchev–Trinajstić information content (AvgIpc) is 2.48. The quantitative estimate of drug-likeness (QED) is 0.679. The van der Waals surface area contributed by atoms with Crippen molar-refractivity contribution in [3.05, 3.63) is 39.4 Å². The van der Waals surface area contributed by atoms with Gasteiger partial charge < -0.3 is 10.2 Å². The molecule has 6 heteroatoms. The Balaban J connectivity index is 1.71. The lowest BCUT2D eigenvalue weighted by Crippen LogP contribution is -2.57. The van der Waals surface area contributed by atoms with Crippen molar-refractivity contribution in [2.75, 3.05) is 19.6 Å². The number of nitro groups is 1. The molecular weight excluding hydrogens is 270 g/mol. The number of fused-ring (bicyclic) bond motifs is 3. The summed E-state index contributed by atoms with van der Waals surface area (Å²) in [6, 6.07) is 4.73. The third-order valence-electron chi connectivity index (χ3n) is 4.63. The van der Waals surface area contributed by atoms with Gasteiger partial charge in [0, 0.05) is 29.8 Å². The van der Waals surface area contributed by atoms with E-state index in [9.17, 15) is 14.9 Å². The van der Waals surface area contributed by atoms with Crippen molar-refractivity contribution in [1.82, 2.24) is 10.2 Å². The van der Waals surface area contributed by atoms with Crippen LogP contribution < -0.4 is 5.32 Å². The second kappa shape index (κ2) is 5.44. The van der Waals surface area contributed by atoms with Gasteiger partial charge >= 0.3 is 0 Å². The van der Waals surface area contributed by atoms with Crippen LogP contribution in [0.5, 0.6) is 0 Å². The first-order chi connectivity index (χ1) is 10.0. The summed E-state index contributed by atoms with van der Waals surface area (Å²) in [5.74, 6) is 0.435. The van der Waals surface area contributed by atoms with Crippen LogP contribution in [0.15, 0.2) is 18.2 Å². The number of carbonyl (C=O) groups excluding carboxylic acids is 1. The van der Waals surface area contributed by atoms with Gasteiger partial charge in [-0.1, -0.05) is 0 Å². The number of aryl methyl sites for hydroxylation is 1. The fraction of sp³-hybridized carbons (Fsp3) is 0.533. The summed E-state index contributed by atoms with van der Waals surface area (Å²) in [6.07, 6.45) is 2.29. The summed E-state index contributed by atoms with van der Waals surface area (Å²) >= 11 is 0. The monoisotopic (exact) mass is 289 g/mol. The number of nitrogens with one attached hydrogen (secondary N) is 1. The van der Waals surface area contributed by atoms with Crippen molar-refractivity contribution in [2.45, 2.75) is 25.8 Å². The van der Waals surface area contributed by atoms with Gasteiger partial charge in [0.1, 0.15) is 0 Å². The smallest absolute Gasteiger partial charge is 0.272 e. The van der Waals surface area contributed by atoms with Gasteiger partial charge in [0.25, 0.3) is 11.6 Å². The number of hydrogen-bond acceptors (Lipinski definition) is 4. The summed E-state index contributed by atoms with van der Waals surface area (Å²) in [7, 11) is 0. The maximum atomic E-state index is 12.3. The molecule has 6 nitrogen and oxygen atoms in total. The molecule has 1 amide bonds. The van der Waals surface area contributed by atoms with E-state index in [-0.39, 0.29) is 17.6 Å². The minimum atomic E-state index is -0.426. The summed E-state index contributed by atoms with van der Waals surface area (Å²) < 4.78 is 0. The maximum Gasteiger partial charge on any atom is 0.272 e. The topological polar surface area (TPSA) is 75.5 Å². The highest BCUT2D eigenvalue weighted by Gasteiger charge is 2.35. The first-order valence-corrected chi connectivity index (χ1v) is 7.33. The minimum Gasteiger partial charge on any atom is -0.348 e. The molecule has 0 radical (unpaired) electrons. The fourth-order valence-electron chi connectivity index (χ4n) is 3.38. The van der Waals surface area contributed by atoms with E-state index in [0.717, 1.165) is 32.5 Å². The zero-order chi connectivity index (χ0) is 15.0. The Labute approximate surface area is 123 Å². The highest BCUT2D eigenvalue weighted by molar-refractivity contribution is 5.95. The number of hydrogen-bond donors (Lipinski definition) is 1. The van der Waals surface area contributed by atoms with Gasteiger partial charge in [0.15, 0.2) is 0 Å². The summed E-state index contributed by atoms with van der Waals surface area (Å²) in [5.41, 5.74) is 1.06. The lowest BCUT2D eigenvalue weighted by Gasteiger charge is -2.44. The van der Waals surface area contributed by atoms with Crippen LogP contribution in [-0.4, -0.2) is 41.4 Å². The van der Waals surface area contributed by atoms with Gasteiger partial charge in [-0.25, -0.2) is 0 Å².